The molecule has 0 aliphatic rings. The van der Waals surface area contributed by atoms with Crippen molar-refractivity contribution in [3.05, 3.63) is 22.1 Å². The molecule has 50 valence electrons. The summed E-state index contributed by atoms with van der Waals surface area (Å²) in [4.78, 5) is 10.3. The molecule has 5 nitrogen and oxygen atoms in total. The number of aliphatic hydroxyl groups excluding tert-OH is 1. The lowest BCUT2D eigenvalue weighted by Crippen LogP contribution is -1.95. The molecule has 1 aromatic rings. The second kappa shape index (κ2) is 2.04. The molecule has 0 atom stereocenters. The Balaban J connectivity index is 2.98. The topological polar surface area (TPSA) is 89.1 Å². The Hall–Kier alpha value is -1.07. The third kappa shape index (κ3) is 1.18. The summed E-state index contributed by atoms with van der Waals surface area (Å²) in [5.41, 5.74) is -0.307. The van der Waals surface area contributed by atoms with Crippen LogP contribution in [0, 0.1) is 0 Å². The molecule has 9 heavy (non-hydrogen) atoms. The van der Waals surface area contributed by atoms with Gasteiger partial charge in [-0.1, -0.05) is 0 Å². The van der Waals surface area contributed by atoms with Gasteiger partial charge < -0.3 is 10.2 Å². The van der Waals surface area contributed by atoms with E-state index in [0.29, 0.717) is 0 Å². The normalized spacial score (nSPS) is 10.6. The fourth-order valence-corrected chi connectivity index (χ4v) is 0.486. The highest BCUT2D eigenvalue weighted by Crippen LogP contribution is 1.98. The first-order chi connectivity index (χ1) is 4.20. The Morgan fingerprint density at radius 3 is 2.33 bits per heavy atom. The van der Waals surface area contributed by atoms with Gasteiger partial charge in [-0.15, -0.1) is 0 Å². The van der Waals surface area contributed by atoms with Crippen molar-refractivity contribution in [2.45, 2.75) is 6.29 Å². The van der Waals surface area contributed by atoms with Gasteiger partial charge in [0.1, 0.15) is 0 Å². The zero-order chi connectivity index (χ0) is 6.85. The van der Waals surface area contributed by atoms with E-state index in [2.05, 4.69) is 10.2 Å². The van der Waals surface area contributed by atoms with Crippen LogP contribution in [0.3, 0.4) is 0 Å². The first kappa shape index (κ1) is 6.06. The Bertz CT molecular complexity index is 236. The predicted octanol–water partition coefficient (Wildman–Crippen LogP) is -1.31. The third-order valence-electron chi connectivity index (χ3n) is 0.895. The summed E-state index contributed by atoms with van der Waals surface area (Å²) in [6.07, 6.45) is -1.61. The van der Waals surface area contributed by atoms with E-state index in [1.54, 1.807) is 0 Å². The summed E-state index contributed by atoms with van der Waals surface area (Å²) >= 11 is 0. The summed E-state index contributed by atoms with van der Waals surface area (Å²) in [6.45, 7) is 0. The smallest absolute Gasteiger partial charge is 0.264 e. The highest BCUT2D eigenvalue weighted by molar-refractivity contribution is 4.98. The van der Waals surface area contributed by atoms with Crippen molar-refractivity contribution in [1.29, 1.82) is 0 Å². The van der Waals surface area contributed by atoms with Crippen LogP contribution in [-0.4, -0.2) is 20.4 Å². The summed E-state index contributed by atoms with van der Waals surface area (Å²) in [7, 11) is 0. The third-order valence-corrected chi connectivity index (χ3v) is 0.895. The van der Waals surface area contributed by atoms with Gasteiger partial charge in [-0.2, -0.15) is 0 Å². The Morgan fingerprint density at radius 1 is 1.44 bits per heavy atom. The molecule has 5 heteroatoms. The second-order valence-electron chi connectivity index (χ2n) is 1.59. The molecule has 0 unspecified atom stereocenters. The van der Waals surface area contributed by atoms with Gasteiger partial charge in [0, 0.05) is 6.07 Å². The van der Waals surface area contributed by atoms with E-state index < -0.39 is 6.29 Å². The van der Waals surface area contributed by atoms with Crippen molar-refractivity contribution in [2.24, 2.45) is 0 Å². The van der Waals surface area contributed by atoms with E-state index in [1.807, 2.05) is 0 Å². The number of aromatic nitrogens is 2. The standard InChI is InChI=1S/C4H6N2O3/c7-3-1-2(4(8)9)5-6-3/h1,4,8-9H,(H2,5,6,7). The van der Waals surface area contributed by atoms with Crippen LogP contribution >= 0.6 is 0 Å². The average Bonchev–Trinajstić information content (AvgIpc) is 2.14. The van der Waals surface area contributed by atoms with Gasteiger partial charge in [-0.3, -0.25) is 15.0 Å². The second-order valence-corrected chi connectivity index (χ2v) is 1.59. The molecule has 0 saturated heterocycles. The maximum absolute atomic E-state index is 10.3. The lowest BCUT2D eigenvalue weighted by Gasteiger charge is -1.94. The van der Waals surface area contributed by atoms with Crippen molar-refractivity contribution < 1.29 is 10.2 Å². The minimum atomic E-state index is -1.61. The van der Waals surface area contributed by atoms with Crippen LogP contribution in [0.15, 0.2) is 10.9 Å². The molecule has 1 aromatic heterocycles. The molecule has 0 bridgehead atoms. The van der Waals surface area contributed by atoms with E-state index in [4.69, 9.17) is 10.2 Å². The molecular formula is C4H6N2O3. The lowest BCUT2D eigenvalue weighted by molar-refractivity contribution is -0.0458. The zero-order valence-corrected chi connectivity index (χ0v) is 4.46. The summed E-state index contributed by atoms with van der Waals surface area (Å²) in [6, 6.07) is 1.07. The summed E-state index contributed by atoms with van der Waals surface area (Å²) < 4.78 is 0. The number of nitrogens with one attached hydrogen (secondary N) is 2. The minimum Gasteiger partial charge on any atom is -0.363 e. The van der Waals surface area contributed by atoms with Crippen LogP contribution in [0.5, 0.6) is 0 Å². The molecule has 1 heterocycles. The molecule has 0 spiro atoms. The van der Waals surface area contributed by atoms with Crippen molar-refractivity contribution in [2.75, 3.05) is 0 Å². The lowest BCUT2D eigenvalue weighted by atomic mass is 10.4. The van der Waals surface area contributed by atoms with Crippen LogP contribution in [0.25, 0.3) is 0 Å². The Kier molecular flexibility index (Phi) is 1.37. The fourth-order valence-electron chi connectivity index (χ4n) is 0.486. The van der Waals surface area contributed by atoms with Crippen LogP contribution in [0.2, 0.25) is 0 Å². The fraction of sp³-hybridized carbons (Fsp3) is 0.250. The monoisotopic (exact) mass is 130 g/mol. The van der Waals surface area contributed by atoms with Crippen LogP contribution in [-0.2, 0) is 0 Å². The highest BCUT2D eigenvalue weighted by atomic mass is 16.5. The number of H-pyrrole nitrogens is 2. The quantitative estimate of drug-likeness (QED) is 0.356. The summed E-state index contributed by atoms with van der Waals surface area (Å²) in [5, 5.41) is 21.2. The van der Waals surface area contributed by atoms with Crippen molar-refractivity contribution in [3.8, 4) is 0 Å². The van der Waals surface area contributed by atoms with E-state index in [0.717, 1.165) is 6.07 Å². The van der Waals surface area contributed by atoms with E-state index >= 15 is 0 Å². The SMILES string of the molecule is O=c1cc(C(O)O)[nH][nH]1. The van der Waals surface area contributed by atoms with Crippen LogP contribution in [0.4, 0.5) is 0 Å². The molecule has 0 aliphatic heterocycles. The number of aliphatic hydroxyl groups is 2. The predicted molar refractivity (Wildman–Crippen MR) is 28.6 cm³/mol. The van der Waals surface area contributed by atoms with Gasteiger partial charge in [0.25, 0.3) is 5.56 Å². The molecule has 4 N–H and O–H groups in total. The van der Waals surface area contributed by atoms with Gasteiger partial charge in [-0.25, -0.2) is 0 Å². The average molecular weight is 130 g/mol. The first-order valence-electron chi connectivity index (χ1n) is 2.34. The Labute approximate surface area is 49.9 Å². The number of hydrogen-bond acceptors (Lipinski definition) is 3. The maximum Gasteiger partial charge on any atom is 0.264 e. The number of aromatic amines is 2. The van der Waals surface area contributed by atoms with Crippen LogP contribution < -0.4 is 5.56 Å². The largest absolute Gasteiger partial charge is 0.363 e. The van der Waals surface area contributed by atoms with E-state index in [1.165, 1.54) is 0 Å². The molecule has 0 fully saturated rings. The van der Waals surface area contributed by atoms with Crippen molar-refractivity contribution in [1.82, 2.24) is 10.2 Å². The number of rotatable bonds is 1. The van der Waals surface area contributed by atoms with Crippen molar-refractivity contribution in [3.63, 3.8) is 0 Å². The van der Waals surface area contributed by atoms with E-state index in [9.17, 15) is 4.79 Å². The van der Waals surface area contributed by atoms with Crippen molar-refractivity contribution >= 4 is 0 Å². The molecular weight excluding hydrogens is 124 g/mol. The molecule has 0 aromatic carbocycles. The van der Waals surface area contributed by atoms with Crippen LogP contribution in [0.1, 0.15) is 12.0 Å². The number of hydrogen-bond donors (Lipinski definition) is 4. The molecule has 1 rings (SSSR count). The first-order valence-corrected chi connectivity index (χ1v) is 2.34. The van der Waals surface area contributed by atoms with Gasteiger partial charge in [0.05, 0.1) is 5.69 Å². The molecule has 0 aliphatic carbocycles. The summed E-state index contributed by atoms with van der Waals surface area (Å²) in [5.74, 6) is 0. The zero-order valence-electron chi connectivity index (χ0n) is 4.46. The maximum atomic E-state index is 10.3. The van der Waals surface area contributed by atoms with Gasteiger partial charge >= 0.3 is 0 Å². The molecule has 0 radical (unpaired) electrons. The van der Waals surface area contributed by atoms with Gasteiger partial charge in [-0.05, 0) is 0 Å². The minimum absolute atomic E-state index is 0.0694. The van der Waals surface area contributed by atoms with Gasteiger partial charge in [0.15, 0.2) is 6.29 Å². The van der Waals surface area contributed by atoms with Gasteiger partial charge in [0.2, 0.25) is 0 Å². The Morgan fingerprint density at radius 2 is 2.11 bits per heavy atom. The molecule has 0 saturated carbocycles. The highest BCUT2D eigenvalue weighted by Gasteiger charge is 2.02. The molecule has 0 amide bonds. The van der Waals surface area contributed by atoms with E-state index in [-0.39, 0.29) is 11.3 Å².